The van der Waals surface area contributed by atoms with E-state index in [0.717, 1.165) is 21.8 Å². The minimum atomic E-state index is -1.50. The molecular formula is C30H33NO10. The van der Waals surface area contributed by atoms with Crippen LogP contribution in [0.1, 0.15) is 17.5 Å². The molecule has 0 unspecified atom stereocenters. The minimum absolute atomic E-state index is 0.0971. The highest BCUT2D eigenvalue weighted by Gasteiger charge is 2.43. The zero-order valence-electron chi connectivity index (χ0n) is 22.2. The van der Waals surface area contributed by atoms with Crippen molar-refractivity contribution >= 4 is 21.8 Å². The second kappa shape index (κ2) is 12.1. The summed E-state index contributed by atoms with van der Waals surface area (Å²) in [7, 11) is 1.89. The molecule has 0 bridgehead atoms. The molecule has 10 atom stereocenters. The first-order valence-electron chi connectivity index (χ1n) is 13.3. The molecule has 218 valence electrons. The smallest absolute Gasteiger partial charge is 0.147 e. The Morgan fingerprint density at radius 1 is 0.659 bits per heavy atom. The van der Waals surface area contributed by atoms with Crippen molar-refractivity contribution in [2.75, 3.05) is 13.2 Å². The molecule has 0 saturated carbocycles. The van der Waals surface area contributed by atoms with Gasteiger partial charge in [0.05, 0.1) is 23.7 Å². The standard InChI is InChI=1S/C30H33NO10/c1-31-19-12-15(4-8-21-25(34)29(38)27(36)23(40-21)10-11-32)2-6-17(19)18-7-3-16(13-20(18)31)5-9-22-26(35)30(39)28(37)24(14-33)41-22/h2-3,6-7,12-13,21-30,32-39H,10-11,14H2,1H3/t21-,22-,23-,24-,25-,26-,27-,28-,29-,30-/m1/s1. The van der Waals surface area contributed by atoms with Crippen molar-refractivity contribution in [1.82, 2.24) is 4.57 Å². The van der Waals surface area contributed by atoms with E-state index in [9.17, 15) is 40.9 Å². The molecule has 2 aromatic carbocycles. The maximum absolute atomic E-state index is 10.3. The number of aryl methyl sites for hydroxylation is 1. The van der Waals surface area contributed by atoms with E-state index in [1.807, 2.05) is 48.0 Å². The third kappa shape index (κ3) is 5.58. The van der Waals surface area contributed by atoms with E-state index in [0.29, 0.717) is 11.1 Å². The third-order valence-corrected chi connectivity index (χ3v) is 7.74. The van der Waals surface area contributed by atoms with Gasteiger partial charge in [-0.25, -0.2) is 0 Å². The van der Waals surface area contributed by atoms with Gasteiger partial charge in [0, 0.05) is 35.6 Å². The summed E-state index contributed by atoms with van der Waals surface area (Å²) < 4.78 is 13.1. The van der Waals surface area contributed by atoms with Gasteiger partial charge in [-0.2, -0.15) is 0 Å². The predicted octanol–water partition coefficient (Wildman–Crippen LogP) is -1.89. The van der Waals surface area contributed by atoms with Crippen molar-refractivity contribution in [3.63, 3.8) is 0 Å². The SMILES string of the molecule is Cn1c2cc(C#C[C@H]3O[C@H](CO)[C@@H](O)[C@H](O)[C@@H]3O)ccc2c2ccc(C#C[C@H]3O[C@H](CCO)[C@@H](O)[C@H](O)[C@@H]3O)cc21. The van der Waals surface area contributed by atoms with Crippen molar-refractivity contribution < 1.29 is 50.3 Å². The number of hydrogen-bond donors (Lipinski definition) is 8. The molecule has 5 rings (SSSR count). The average molecular weight is 568 g/mol. The lowest BCUT2D eigenvalue weighted by Crippen LogP contribution is -2.58. The molecule has 2 aliphatic rings. The Morgan fingerprint density at radius 2 is 1.12 bits per heavy atom. The molecule has 8 N–H and O–H groups in total. The Morgan fingerprint density at radius 3 is 1.59 bits per heavy atom. The molecule has 3 heterocycles. The predicted molar refractivity (Wildman–Crippen MR) is 146 cm³/mol. The second-order valence-electron chi connectivity index (χ2n) is 10.4. The number of aliphatic hydroxyl groups is 8. The highest BCUT2D eigenvalue weighted by molar-refractivity contribution is 6.08. The summed E-state index contributed by atoms with van der Waals surface area (Å²) in [6.45, 7) is -0.773. The molecule has 2 saturated heterocycles. The first kappa shape index (κ1) is 29.5. The highest BCUT2D eigenvalue weighted by atomic mass is 16.5. The summed E-state index contributed by atoms with van der Waals surface area (Å²) in [5.41, 5.74) is 3.02. The Balaban J connectivity index is 1.41. The lowest BCUT2D eigenvalue weighted by atomic mass is 9.93. The zero-order valence-corrected chi connectivity index (χ0v) is 22.2. The zero-order chi connectivity index (χ0) is 29.4. The lowest BCUT2D eigenvalue weighted by molar-refractivity contribution is -0.214. The van der Waals surface area contributed by atoms with Crippen LogP contribution in [0.3, 0.4) is 0 Å². The van der Waals surface area contributed by atoms with Crippen molar-refractivity contribution in [3.8, 4) is 23.7 Å². The number of benzene rings is 2. The van der Waals surface area contributed by atoms with Gasteiger partial charge in [0.15, 0.2) is 0 Å². The normalized spacial score (nSPS) is 33.7. The van der Waals surface area contributed by atoms with Gasteiger partial charge in [-0.05, 0) is 30.7 Å². The van der Waals surface area contributed by atoms with Crippen molar-refractivity contribution in [2.24, 2.45) is 7.05 Å². The van der Waals surface area contributed by atoms with E-state index in [4.69, 9.17) is 9.47 Å². The molecule has 2 fully saturated rings. The van der Waals surface area contributed by atoms with Gasteiger partial charge >= 0.3 is 0 Å². The van der Waals surface area contributed by atoms with Crippen LogP contribution in [-0.2, 0) is 16.5 Å². The fourth-order valence-corrected chi connectivity index (χ4v) is 5.32. The van der Waals surface area contributed by atoms with Gasteiger partial charge in [-0.3, -0.25) is 0 Å². The molecule has 0 aliphatic carbocycles. The Labute approximate surface area is 235 Å². The van der Waals surface area contributed by atoms with Crippen LogP contribution in [0.25, 0.3) is 21.8 Å². The first-order valence-corrected chi connectivity index (χ1v) is 13.3. The third-order valence-electron chi connectivity index (χ3n) is 7.74. The van der Waals surface area contributed by atoms with Crippen LogP contribution in [0.5, 0.6) is 0 Å². The number of rotatable bonds is 3. The lowest BCUT2D eigenvalue weighted by Gasteiger charge is -2.38. The molecule has 1 aromatic heterocycles. The van der Waals surface area contributed by atoms with Gasteiger partial charge < -0.3 is 54.9 Å². The average Bonchev–Trinajstić information content (AvgIpc) is 3.25. The van der Waals surface area contributed by atoms with E-state index in [1.165, 1.54) is 0 Å². The monoisotopic (exact) mass is 567 g/mol. The van der Waals surface area contributed by atoms with Crippen LogP contribution < -0.4 is 0 Å². The van der Waals surface area contributed by atoms with Gasteiger partial charge in [-0.15, -0.1) is 0 Å². The van der Waals surface area contributed by atoms with E-state index >= 15 is 0 Å². The summed E-state index contributed by atoms with van der Waals surface area (Å²) in [6, 6.07) is 11.2. The van der Waals surface area contributed by atoms with Crippen LogP contribution in [0.15, 0.2) is 36.4 Å². The van der Waals surface area contributed by atoms with Crippen molar-refractivity contribution in [1.29, 1.82) is 0 Å². The number of hydrogen-bond acceptors (Lipinski definition) is 10. The van der Waals surface area contributed by atoms with E-state index in [1.54, 1.807) is 0 Å². The number of fused-ring (bicyclic) bond motifs is 3. The summed E-state index contributed by atoms with van der Waals surface area (Å²) >= 11 is 0. The molecule has 11 heteroatoms. The maximum atomic E-state index is 10.3. The molecule has 3 aromatic rings. The van der Waals surface area contributed by atoms with Gasteiger partial charge in [-0.1, -0.05) is 35.8 Å². The van der Waals surface area contributed by atoms with Crippen LogP contribution >= 0.6 is 0 Å². The number of ether oxygens (including phenoxy) is 2. The summed E-state index contributed by atoms with van der Waals surface area (Å²) in [5.74, 6) is 11.5. The van der Waals surface area contributed by atoms with E-state index in [-0.39, 0.29) is 13.0 Å². The van der Waals surface area contributed by atoms with Gasteiger partial charge in [0.1, 0.15) is 54.9 Å². The summed E-state index contributed by atoms with van der Waals surface area (Å²) in [4.78, 5) is 0. The molecule has 2 aliphatic heterocycles. The summed E-state index contributed by atoms with van der Waals surface area (Å²) in [6.07, 6.45) is -12.5. The largest absolute Gasteiger partial charge is 0.396 e. The van der Waals surface area contributed by atoms with E-state index < -0.39 is 67.6 Å². The minimum Gasteiger partial charge on any atom is -0.396 e. The van der Waals surface area contributed by atoms with E-state index in [2.05, 4.69) is 23.7 Å². The molecule has 0 spiro atoms. The fraction of sp³-hybridized carbons (Fsp3) is 0.467. The number of aliphatic hydroxyl groups excluding tert-OH is 8. The van der Waals surface area contributed by atoms with Crippen molar-refractivity contribution in [2.45, 2.75) is 67.5 Å². The van der Waals surface area contributed by atoms with Crippen LogP contribution in [0.4, 0.5) is 0 Å². The molecule has 0 radical (unpaired) electrons. The molecule has 41 heavy (non-hydrogen) atoms. The van der Waals surface area contributed by atoms with Crippen LogP contribution in [0.2, 0.25) is 0 Å². The first-order chi connectivity index (χ1) is 19.6. The number of aromatic nitrogens is 1. The number of nitrogens with zero attached hydrogens (tertiary/aromatic N) is 1. The summed E-state index contributed by atoms with van der Waals surface area (Å²) in [5, 5.41) is 81.3. The van der Waals surface area contributed by atoms with Gasteiger partial charge in [0.25, 0.3) is 0 Å². The maximum Gasteiger partial charge on any atom is 0.147 e. The molecule has 0 amide bonds. The quantitative estimate of drug-likeness (QED) is 0.166. The fourth-order valence-electron chi connectivity index (χ4n) is 5.32. The van der Waals surface area contributed by atoms with Crippen LogP contribution in [-0.4, -0.2) is 120 Å². The van der Waals surface area contributed by atoms with Crippen LogP contribution in [0, 0.1) is 23.7 Å². The molecule has 11 nitrogen and oxygen atoms in total. The Bertz CT molecular complexity index is 1530. The molecular weight excluding hydrogens is 534 g/mol. The van der Waals surface area contributed by atoms with Crippen molar-refractivity contribution in [3.05, 3.63) is 47.5 Å². The highest BCUT2D eigenvalue weighted by Crippen LogP contribution is 2.30. The Hall–Kier alpha value is -3.04. The second-order valence-corrected chi connectivity index (χ2v) is 10.4. The topological polar surface area (TPSA) is 185 Å². The van der Waals surface area contributed by atoms with Gasteiger partial charge in [0.2, 0.25) is 0 Å². The Kier molecular flexibility index (Phi) is 8.66.